The second-order valence-corrected chi connectivity index (χ2v) is 8.37. The molecule has 0 aliphatic heterocycles. The summed E-state index contributed by atoms with van der Waals surface area (Å²) in [5, 5.41) is 2.80. The van der Waals surface area contributed by atoms with Crippen molar-refractivity contribution < 1.29 is 13.2 Å². The van der Waals surface area contributed by atoms with Crippen molar-refractivity contribution in [1.29, 1.82) is 0 Å². The van der Waals surface area contributed by atoms with Gasteiger partial charge >= 0.3 is 0 Å². The van der Waals surface area contributed by atoms with E-state index >= 15 is 0 Å². The van der Waals surface area contributed by atoms with Crippen LogP contribution < -0.4 is 5.32 Å². The molecule has 0 aliphatic carbocycles. The lowest BCUT2D eigenvalue weighted by atomic mass is 9.71. The number of benzene rings is 1. The summed E-state index contributed by atoms with van der Waals surface area (Å²) in [6.45, 7) is 20.4. The molecular weight excluding hydrogens is 359 g/mol. The molecule has 28 heavy (non-hydrogen) atoms. The highest BCUT2D eigenvalue weighted by Crippen LogP contribution is 2.41. The van der Waals surface area contributed by atoms with Gasteiger partial charge in [0.05, 0.1) is 6.54 Å². The van der Waals surface area contributed by atoms with Crippen LogP contribution in [-0.2, 0) is 6.42 Å². The van der Waals surface area contributed by atoms with Crippen LogP contribution in [0.4, 0.5) is 13.2 Å². The fraction of sp³-hybridized carbons (Fsp3) is 0.500. The van der Waals surface area contributed by atoms with E-state index < -0.39 is 17.9 Å². The summed E-state index contributed by atoms with van der Waals surface area (Å²) in [7, 11) is 0. The van der Waals surface area contributed by atoms with E-state index in [2.05, 4.69) is 25.1 Å². The van der Waals surface area contributed by atoms with Gasteiger partial charge < -0.3 is 5.32 Å². The van der Waals surface area contributed by atoms with Gasteiger partial charge in [0.25, 0.3) is 5.92 Å². The maximum Gasteiger partial charge on any atom is 0.262 e. The van der Waals surface area contributed by atoms with Gasteiger partial charge in [0, 0.05) is 18.0 Å². The van der Waals surface area contributed by atoms with Gasteiger partial charge in [-0.2, -0.15) is 0 Å². The standard InChI is InChI=1S/C24H34F3N/c1-16(2)21(10-9-20-11-12-22(25)13-18(20)5)14-23(7,17(3)4)19(6)28-15-24(8,26)27/h11-13,21,28H,1,3,6,9-10,14-15H2,2,4-5,7-8H3/t21-,23?/m0/s1. The first-order valence-corrected chi connectivity index (χ1v) is 9.64. The number of halogens is 3. The Morgan fingerprint density at radius 1 is 1.14 bits per heavy atom. The molecule has 0 spiro atoms. The Hall–Kier alpha value is -1.97. The topological polar surface area (TPSA) is 12.0 Å². The number of rotatable bonds is 11. The lowest BCUT2D eigenvalue weighted by Gasteiger charge is -2.37. The molecule has 1 rings (SSSR count). The molecule has 4 heteroatoms. The molecule has 0 radical (unpaired) electrons. The third kappa shape index (κ3) is 6.88. The maximum atomic E-state index is 13.3. The Morgan fingerprint density at radius 3 is 2.21 bits per heavy atom. The quantitative estimate of drug-likeness (QED) is 0.400. The van der Waals surface area contributed by atoms with E-state index in [-0.39, 0.29) is 11.7 Å². The van der Waals surface area contributed by atoms with Crippen molar-refractivity contribution in [3.8, 4) is 0 Å². The van der Waals surface area contributed by atoms with E-state index in [0.29, 0.717) is 12.1 Å². The van der Waals surface area contributed by atoms with E-state index in [1.165, 1.54) is 6.07 Å². The van der Waals surface area contributed by atoms with Crippen molar-refractivity contribution in [3.05, 3.63) is 71.7 Å². The zero-order valence-electron chi connectivity index (χ0n) is 17.9. The summed E-state index contributed by atoms with van der Waals surface area (Å²) in [6, 6.07) is 4.84. The first kappa shape index (κ1) is 24.1. The predicted molar refractivity (Wildman–Crippen MR) is 113 cm³/mol. The third-order valence-corrected chi connectivity index (χ3v) is 5.64. The molecule has 156 valence electrons. The van der Waals surface area contributed by atoms with Crippen molar-refractivity contribution in [2.75, 3.05) is 6.54 Å². The van der Waals surface area contributed by atoms with Crippen molar-refractivity contribution in [2.24, 2.45) is 11.3 Å². The summed E-state index contributed by atoms with van der Waals surface area (Å²) in [5.41, 5.74) is 3.94. The monoisotopic (exact) mass is 393 g/mol. The van der Waals surface area contributed by atoms with Gasteiger partial charge in [-0.3, -0.25) is 0 Å². The van der Waals surface area contributed by atoms with Crippen molar-refractivity contribution in [3.63, 3.8) is 0 Å². The van der Waals surface area contributed by atoms with Crippen LogP contribution in [0.25, 0.3) is 0 Å². The molecule has 0 aromatic heterocycles. The average molecular weight is 394 g/mol. The normalized spacial score (nSPS) is 14.9. The molecule has 1 N–H and O–H groups in total. The second-order valence-electron chi connectivity index (χ2n) is 8.37. The van der Waals surface area contributed by atoms with Crippen LogP contribution in [0, 0.1) is 24.1 Å². The Labute approximate surface area is 168 Å². The van der Waals surface area contributed by atoms with Gasteiger partial charge in [-0.15, -0.1) is 0 Å². The summed E-state index contributed by atoms with van der Waals surface area (Å²) < 4.78 is 39.9. The molecule has 0 fully saturated rings. The number of nitrogens with one attached hydrogen (secondary N) is 1. The van der Waals surface area contributed by atoms with Crippen molar-refractivity contribution >= 4 is 0 Å². The minimum Gasteiger partial charge on any atom is -0.382 e. The van der Waals surface area contributed by atoms with Crippen molar-refractivity contribution in [2.45, 2.75) is 59.8 Å². The molecule has 1 aromatic carbocycles. The van der Waals surface area contributed by atoms with Gasteiger partial charge in [0.2, 0.25) is 0 Å². The molecular formula is C24H34F3N. The predicted octanol–water partition coefficient (Wildman–Crippen LogP) is 6.99. The van der Waals surface area contributed by atoms with E-state index in [4.69, 9.17) is 0 Å². The van der Waals surface area contributed by atoms with Crippen LogP contribution in [0.1, 0.15) is 51.7 Å². The van der Waals surface area contributed by atoms with E-state index in [0.717, 1.165) is 42.0 Å². The fourth-order valence-electron chi connectivity index (χ4n) is 3.30. The minimum atomic E-state index is -2.81. The number of aryl methyl sites for hydroxylation is 2. The SMILES string of the molecule is C=C(C)[C@@H](CCc1ccc(F)cc1C)CC(C)(C(=C)C)C(=C)NCC(C)(F)F. The van der Waals surface area contributed by atoms with Crippen LogP contribution in [0.15, 0.2) is 54.8 Å². The van der Waals surface area contributed by atoms with Gasteiger partial charge in [-0.1, -0.05) is 43.9 Å². The molecule has 1 nitrogen and oxygen atoms in total. The lowest BCUT2D eigenvalue weighted by molar-refractivity contribution is 0.0238. The minimum absolute atomic E-state index is 0.159. The van der Waals surface area contributed by atoms with Crippen LogP contribution in [0.2, 0.25) is 0 Å². The summed E-state index contributed by atoms with van der Waals surface area (Å²) >= 11 is 0. The molecule has 0 aliphatic rings. The zero-order valence-corrected chi connectivity index (χ0v) is 17.9. The molecule has 1 unspecified atom stereocenters. The maximum absolute atomic E-state index is 13.3. The smallest absolute Gasteiger partial charge is 0.262 e. The van der Waals surface area contributed by atoms with Crippen LogP contribution in [0.5, 0.6) is 0 Å². The fourth-order valence-corrected chi connectivity index (χ4v) is 3.30. The summed E-state index contributed by atoms with van der Waals surface area (Å²) in [6.07, 6.45) is 2.31. The van der Waals surface area contributed by atoms with Gasteiger partial charge in [0.1, 0.15) is 5.82 Å². The lowest BCUT2D eigenvalue weighted by Crippen LogP contribution is -2.37. The number of alkyl halides is 2. The van der Waals surface area contributed by atoms with Gasteiger partial charge in [-0.05, 0) is 69.2 Å². The van der Waals surface area contributed by atoms with Crippen LogP contribution in [-0.4, -0.2) is 12.5 Å². The summed E-state index contributed by atoms with van der Waals surface area (Å²) in [5.74, 6) is -2.89. The number of hydrogen-bond donors (Lipinski definition) is 1. The Bertz CT molecular complexity index is 730. The number of hydrogen-bond acceptors (Lipinski definition) is 1. The van der Waals surface area contributed by atoms with Crippen LogP contribution >= 0.6 is 0 Å². The highest BCUT2D eigenvalue weighted by atomic mass is 19.3. The summed E-state index contributed by atoms with van der Waals surface area (Å²) in [4.78, 5) is 0. The van der Waals surface area contributed by atoms with E-state index in [1.807, 2.05) is 33.8 Å². The van der Waals surface area contributed by atoms with E-state index in [1.54, 1.807) is 6.07 Å². The van der Waals surface area contributed by atoms with Gasteiger partial charge in [0.15, 0.2) is 0 Å². The Balaban J connectivity index is 2.94. The number of allylic oxidation sites excluding steroid dienone is 2. The average Bonchev–Trinajstić information content (AvgIpc) is 2.56. The second kappa shape index (κ2) is 9.49. The van der Waals surface area contributed by atoms with Crippen molar-refractivity contribution in [1.82, 2.24) is 5.32 Å². The molecule has 0 saturated carbocycles. The zero-order chi connectivity index (χ0) is 21.7. The molecule has 0 heterocycles. The largest absolute Gasteiger partial charge is 0.382 e. The van der Waals surface area contributed by atoms with Gasteiger partial charge in [-0.25, -0.2) is 13.2 Å². The molecule has 0 amide bonds. The third-order valence-electron chi connectivity index (χ3n) is 5.64. The molecule has 0 saturated heterocycles. The van der Waals surface area contributed by atoms with Crippen LogP contribution in [0.3, 0.4) is 0 Å². The highest BCUT2D eigenvalue weighted by Gasteiger charge is 2.33. The van der Waals surface area contributed by atoms with E-state index in [9.17, 15) is 13.2 Å². The molecule has 0 bridgehead atoms. The Morgan fingerprint density at radius 2 is 1.75 bits per heavy atom. The highest BCUT2D eigenvalue weighted by molar-refractivity contribution is 5.27. The molecule has 1 aromatic rings. The molecule has 2 atom stereocenters. The first-order valence-electron chi connectivity index (χ1n) is 9.64. The first-order chi connectivity index (χ1) is 12.8. The Kier molecular flexibility index (Phi) is 8.16.